The summed E-state index contributed by atoms with van der Waals surface area (Å²) in [6.45, 7) is 0. The van der Waals surface area contributed by atoms with Gasteiger partial charge in [0.2, 0.25) is 0 Å². The van der Waals surface area contributed by atoms with Crippen molar-refractivity contribution in [2.45, 2.75) is 0 Å². The molecule has 0 heterocycles. The molecule has 2 aromatic carbocycles. The summed E-state index contributed by atoms with van der Waals surface area (Å²) in [5.74, 6) is -2.35. The first kappa shape index (κ1) is 15.2. The lowest BCUT2D eigenvalue weighted by Gasteiger charge is -2.10. The van der Waals surface area contributed by atoms with Crippen LogP contribution in [0.4, 0.5) is 20.6 Å². The third-order valence-corrected chi connectivity index (χ3v) is 3.23. The van der Waals surface area contributed by atoms with E-state index in [1.807, 2.05) is 6.07 Å². The quantitative estimate of drug-likeness (QED) is 0.687. The van der Waals surface area contributed by atoms with Crippen LogP contribution < -0.4 is 10.6 Å². The number of hydrogen-bond donors (Lipinski definition) is 3. The Morgan fingerprint density at radius 2 is 1.81 bits per heavy atom. The number of halogens is 2. The molecule has 3 N–H and O–H groups in total. The number of urea groups is 1. The van der Waals surface area contributed by atoms with Crippen LogP contribution in [-0.2, 0) is 0 Å². The molecule has 0 aliphatic carbocycles. The van der Waals surface area contributed by atoms with Crippen LogP contribution in [0.25, 0.3) is 0 Å². The van der Waals surface area contributed by atoms with E-state index in [9.17, 15) is 14.0 Å². The van der Waals surface area contributed by atoms with Gasteiger partial charge >= 0.3 is 12.0 Å². The first-order chi connectivity index (χ1) is 9.97. The number of nitrogens with one attached hydrogen (secondary N) is 2. The number of aromatic carboxylic acids is 1. The Morgan fingerprint density at radius 3 is 2.48 bits per heavy atom. The van der Waals surface area contributed by atoms with Crippen molar-refractivity contribution in [2.75, 3.05) is 10.6 Å². The summed E-state index contributed by atoms with van der Waals surface area (Å²) in [6, 6.07) is 10.1. The molecule has 2 aromatic rings. The fourth-order valence-corrected chi connectivity index (χ4v) is 2.24. The maximum atomic E-state index is 13.5. The second-order valence-electron chi connectivity index (χ2n) is 4.06. The minimum absolute atomic E-state index is 0.106. The predicted octanol–water partition coefficient (Wildman–Crippen LogP) is 3.77. The second kappa shape index (κ2) is 6.53. The van der Waals surface area contributed by atoms with Crippen molar-refractivity contribution in [3.05, 3.63) is 57.4 Å². The monoisotopic (exact) mass is 400 g/mol. The largest absolute Gasteiger partial charge is 0.478 e. The third-order valence-electron chi connectivity index (χ3n) is 2.56. The molecule has 21 heavy (non-hydrogen) atoms. The first-order valence-corrected chi connectivity index (χ1v) is 6.90. The van der Waals surface area contributed by atoms with Gasteiger partial charge in [-0.15, -0.1) is 0 Å². The van der Waals surface area contributed by atoms with Crippen molar-refractivity contribution in [3.8, 4) is 0 Å². The lowest BCUT2D eigenvalue weighted by atomic mass is 10.1. The van der Waals surface area contributed by atoms with Gasteiger partial charge in [-0.3, -0.25) is 0 Å². The molecule has 5 nitrogen and oxygen atoms in total. The molecule has 7 heteroatoms. The molecule has 0 bridgehead atoms. The highest BCUT2D eigenvalue weighted by Gasteiger charge is 2.17. The van der Waals surface area contributed by atoms with E-state index in [2.05, 4.69) is 33.2 Å². The number of carbonyl (C=O) groups is 2. The number of rotatable bonds is 3. The van der Waals surface area contributed by atoms with Gasteiger partial charge in [0.15, 0.2) is 0 Å². The molecule has 0 saturated carbocycles. The van der Waals surface area contributed by atoms with Gasteiger partial charge in [-0.05, 0) is 52.9 Å². The summed E-state index contributed by atoms with van der Waals surface area (Å²) in [5, 5.41) is 13.8. The highest BCUT2D eigenvalue weighted by Crippen LogP contribution is 2.19. The molecule has 2 amide bonds. The first-order valence-electron chi connectivity index (χ1n) is 5.83. The minimum Gasteiger partial charge on any atom is -0.478 e. The fraction of sp³-hybridized carbons (Fsp3) is 0. The van der Waals surface area contributed by atoms with Gasteiger partial charge in [0.25, 0.3) is 0 Å². The third kappa shape index (κ3) is 3.91. The summed E-state index contributed by atoms with van der Waals surface area (Å²) in [4.78, 5) is 22.9. The van der Waals surface area contributed by atoms with E-state index in [1.165, 1.54) is 12.1 Å². The molecule has 0 aromatic heterocycles. The Morgan fingerprint density at radius 1 is 1.10 bits per heavy atom. The second-order valence-corrected chi connectivity index (χ2v) is 5.30. The Hall–Kier alpha value is -2.16. The zero-order valence-electron chi connectivity index (χ0n) is 10.6. The average molecular weight is 400 g/mol. The van der Waals surface area contributed by atoms with Crippen molar-refractivity contribution in [2.24, 2.45) is 0 Å². The predicted molar refractivity (Wildman–Crippen MR) is 85.2 cm³/mol. The lowest BCUT2D eigenvalue weighted by Crippen LogP contribution is -2.21. The molecule has 0 aliphatic rings. The highest BCUT2D eigenvalue weighted by atomic mass is 127. The number of amides is 2. The summed E-state index contributed by atoms with van der Waals surface area (Å²) < 4.78 is 14.4. The number of anilines is 2. The van der Waals surface area contributed by atoms with E-state index in [4.69, 9.17) is 5.11 Å². The van der Waals surface area contributed by atoms with Gasteiger partial charge in [-0.25, -0.2) is 14.0 Å². The smallest absolute Gasteiger partial charge is 0.340 e. The van der Waals surface area contributed by atoms with Crippen LogP contribution in [0.2, 0.25) is 0 Å². The number of benzene rings is 2. The van der Waals surface area contributed by atoms with E-state index < -0.39 is 23.4 Å². The maximum absolute atomic E-state index is 13.5. The fourth-order valence-electron chi connectivity index (χ4n) is 1.70. The molecule has 0 unspecified atom stereocenters. The van der Waals surface area contributed by atoms with Crippen LogP contribution in [0.3, 0.4) is 0 Å². The molecular formula is C14H10FIN2O3. The summed E-state index contributed by atoms with van der Waals surface area (Å²) in [6.07, 6.45) is 0. The van der Waals surface area contributed by atoms with Crippen LogP contribution in [0, 0.1) is 9.39 Å². The molecule has 2 rings (SSSR count). The summed E-state index contributed by atoms with van der Waals surface area (Å²) >= 11 is 2.10. The molecule has 108 valence electrons. The maximum Gasteiger partial charge on any atom is 0.340 e. The zero-order valence-corrected chi connectivity index (χ0v) is 12.7. The van der Waals surface area contributed by atoms with Gasteiger partial charge in [-0.1, -0.05) is 12.1 Å². The molecule has 0 saturated heterocycles. The molecule has 0 spiro atoms. The van der Waals surface area contributed by atoms with Crippen LogP contribution in [0.15, 0.2) is 42.5 Å². The van der Waals surface area contributed by atoms with E-state index in [0.29, 0.717) is 5.69 Å². The van der Waals surface area contributed by atoms with Crippen molar-refractivity contribution in [3.63, 3.8) is 0 Å². The van der Waals surface area contributed by atoms with Crippen molar-refractivity contribution >= 4 is 46.0 Å². The van der Waals surface area contributed by atoms with Gasteiger partial charge in [-0.2, -0.15) is 0 Å². The Bertz CT molecular complexity index is 706. The Kier molecular flexibility index (Phi) is 4.73. The molecule has 0 atom stereocenters. The van der Waals surface area contributed by atoms with Crippen LogP contribution in [0.1, 0.15) is 10.4 Å². The van der Waals surface area contributed by atoms with Gasteiger partial charge in [0, 0.05) is 9.26 Å². The van der Waals surface area contributed by atoms with Crippen molar-refractivity contribution < 1.29 is 19.1 Å². The summed E-state index contributed by atoms with van der Waals surface area (Å²) in [5.41, 5.74) is -0.131. The van der Waals surface area contributed by atoms with Crippen LogP contribution in [-0.4, -0.2) is 17.1 Å². The lowest BCUT2D eigenvalue weighted by molar-refractivity contribution is 0.0693. The van der Waals surface area contributed by atoms with Gasteiger partial charge in [0.1, 0.15) is 11.4 Å². The van der Waals surface area contributed by atoms with Gasteiger partial charge < -0.3 is 15.7 Å². The van der Waals surface area contributed by atoms with E-state index >= 15 is 0 Å². The van der Waals surface area contributed by atoms with Crippen molar-refractivity contribution in [1.82, 2.24) is 0 Å². The minimum atomic E-state index is -1.45. The topological polar surface area (TPSA) is 78.4 Å². The number of hydrogen-bond acceptors (Lipinski definition) is 2. The normalized spacial score (nSPS) is 10.0. The Labute approximate surface area is 133 Å². The van der Waals surface area contributed by atoms with Crippen LogP contribution >= 0.6 is 22.6 Å². The van der Waals surface area contributed by atoms with E-state index in [0.717, 1.165) is 9.64 Å². The number of carbonyl (C=O) groups excluding carboxylic acids is 1. The van der Waals surface area contributed by atoms with Crippen LogP contribution in [0.5, 0.6) is 0 Å². The Balaban J connectivity index is 2.17. The number of carboxylic acids is 1. The molecule has 0 radical (unpaired) electrons. The highest BCUT2D eigenvalue weighted by molar-refractivity contribution is 14.1. The molecule has 0 aliphatic heterocycles. The summed E-state index contributed by atoms with van der Waals surface area (Å²) in [7, 11) is 0. The molecular weight excluding hydrogens is 390 g/mol. The van der Waals surface area contributed by atoms with Gasteiger partial charge in [0.05, 0.1) is 5.69 Å². The standard InChI is InChI=1S/C14H10FIN2O3/c15-10-5-2-6-11(12(10)13(19)20)18-14(21)17-9-4-1-3-8(16)7-9/h1-7H,(H,19,20)(H2,17,18,21). The van der Waals surface area contributed by atoms with Crippen molar-refractivity contribution in [1.29, 1.82) is 0 Å². The molecule has 0 fully saturated rings. The zero-order chi connectivity index (χ0) is 15.4. The van der Waals surface area contributed by atoms with E-state index in [1.54, 1.807) is 18.2 Å². The van der Waals surface area contributed by atoms with E-state index in [-0.39, 0.29) is 5.69 Å². The SMILES string of the molecule is O=C(Nc1cccc(I)c1)Nc1cccc(F)c1C(=O)O. The average Bonchev–Trinajstić information content (AvgIpc) is 2.37. The number of carboxylic acid groups (broad SMARTS) is 1.